The van der Waals surface area contributed by atoms with Crippen molar-refractivity contribution >= 4 is 5.69 Å². The molecule has 1 aromatic rings. The van der Waals surface area contributed by atoms with Crippen molar-refractivity contribution in [3.8, 4) is 6.07 Å². The van der Waals surface area contributed by atoms with Gasteiger partial charge < -0.3 is 10.6 Å². The zero-order chi connectivity index (χ0) is 10.7. The SMILES string of the molecule is N#Cc1ccc(N2CCC[C@H](N)C2)cn1. The number of rotatable bonds is 1. The van der Waals surface area contributed by atoms with E-state index < -0.39 is 0 Å². The van der Waals surface area contributed by atoms with Gasteiger partial charge >= 0.3 is 0 Å². The first-order chi connectivity index (χ1) is 7.29. The number of hydrogen-bond donors (Lipinski definition) is 1. The van der Waals surface area contributed by atoms with E-state index in [9.17, 15) is 0 Å². The first-order valence-electron chi connectivity index (χ1n) is 5.16. The molecule has 4 nitrogen and oxygen atoms in total. The largest absolute Gasteiger partial charge is 0.369 e. The molecule has 2 rings (SSSR count). The van der Waals surface area contributed by atoms with Crippen LogP contribution in [-0.4, -0.2) is 24.1 Å². The molecule has 0 bridgehead atoms. The quantitative estimate of drug-likeness (QED) is 0.734. The highest BCUT2D eigenvalue weighted by Crippen LogP contribution is 2.18. The predicted molar refractivity (Wildman–Crippen MR) is 58.4 cm³/mol. The Balaban J connectivity index is 2.12. The Bertz CT molecular complexity index is 365. The van der Waals surface area contributed by atoms with E-state index in [0.29, 0.717) is 5.69 Å². The van der Waals surface area contributed by atoms with Crippen LogP contribution in [0.3, 0.4) is 0 Å². The summed E-state index contributed by atoms with van der Waals surface area (Å²) in [6.07, 6.45) is 3.97. The van der Waals surface area contributed by atoms with Crippen molar-refractivity contribution in [1.29, 1.82) is 5.26 Å². The molecule has 1 atom stereocenters. The van der Waals surface area contributed by atoms with Crippen molar-refractivity contribution < 1.29 is 0 Å². The predicted octanol–water partition coefficient (Wildman–Crippen LogP) is 0.881. The Labute approximate surface area is 89.3 Å². The van der Waals surface area contributed by atoms with E-state index in [4.69, 9.17) is 11.0 Å². The molecule has 0 saturated carbocycles. The van der Waals surface area contributed by atoms with Gasteiger partial charge in [0.05, 0.1) is 11.9 Å². The van der Waals surface area contributed by atoms with Crippen LogP contribution in [0, 0.1) is 11.3 Å². The van der Waals surface area contributed by atoms with Gasteiger partial charge in [0.2, 0.25) is 0 Å². The van der Waals surface area contributed by atoms with Gasteiger partial charge in [0, 0.05) is 19.1 Å². The molecule has 0 unspecified atom stereocenters. The molecule has 1 saturated heterocycles. The van der Waals surface area contributed by atoms with Gasteiger partial charge in [0.1, 0.15) is 11.8 Å². The maximum Gasteiger partial charge on any atom is 0.140 e. The van der Waals surface area contributed by atoms with Gasteiger partial charge in [-0.05, 0) is 25.0 Å². The summed E-state index contributed by atoms with van der Waals surface area (Å²) in [6.45, 7) is 1.91. The Kier molecular flexibility index (Phi) is 2.84. The fourth-order valence-corrected chi connectivity index (χ4v) is 1.88. The summed E-state index contributed by atoms with van der Waals surface area (Å²) in [5.41, 5.74) is 7.42. The van der Waals surface area contributed by atoms with Gasteiger partial charge in [-0.25, -0.2) is 4.98 Å². The number of nitrogens with two attached hydrogens (primary N) is 1. The Hall–Kier alpha value is -1.60. The van der Waals surface area contributed by atoms with Gasteiger partial charge in [-0.15, -0.1) is 0 Å². The zero-order valence-corrected chi connectivity index (χ0v) is 8.56. The summed E-state index contributed by atoms with van der Waals surface area (Å²) in [5.74, 6) is 0. The second-order valence-electron chi connectivity index (χ2n) is 3.86. The van der Waals surface area contributed by atoms with Crippen molar-refractivity contribution in [2.75, 3.05) is 18.0 Å². The Morgan fingerprint density at radius 3 is 3.00 bits per heavy atom. The highest BCUT2D eigenvalue weighted by atomic mass is 15.2. The smallest absolute Gasteiger partial charge is 0.140 e. The molecule has 4 heteroatoms. The number of aromatic nitrogens is 1. The van der Waals surface area contributed by atoms with Crippen LogP contribution in [0.15, 0.2) is 18.3 Å². The third kappa shape index (κ3) is 2.25. The molecule has 0 amide bonds. The fraction of sp³-hybridized carbons (Fsp3) is 0.455. The van der Waals surface area contributed by atoms with Crippen LogP contribution in [0.1, 0.15) is 18.5 Å². The topological polar surface area (TPSA) is 65.9 Å². The number of anilines is 1. The van der Waals surface area contributed by atoms with Gasteiger partial charge in [0.25, 0.3) is 0 Å². The fourth-order valence-electron chi connectivity index (χ4n) is 1.88. The summed E-state index contributed by atoms with van der Waals surface area (Å²) in [4.78, 5) is 6.28. The molecule has 0 radical (unpaired) electrons. The molecule has 0 spiro atoms. The molecule has 15 heavy (non-hydrogen) atoms. The lowest BCUT2D eigenvalue weighted by atomic mass is 10.1. The van der Waals surface area contributed by atoms with Crippen molar-refractivity contribution in [1.82, 2.24) is 4.98 Å². The van der Waals surface area contributed by atoms with E-state index in [1.54, 1.807) is 12.3 Å². The first-order valence-corrected chi connectivity index (χ1v) is 5.16. The van der Waals surface area contributed by atoms with E-state index in [-0.39, 0.29) is 6.04 Å². The highest BCUT2D eigenvalue weighted by molar-refractivity contribution is 5.46. The van der Waals surface area contributed by atoms with Crippen molar-refractivity contribution in [3.05, 3.63) is 24.0 Å². The monoisotopic (exact) mass is 202 g/mol. The molecule has 1 aromatic heterocycles. The lowest BCUT2D eigenvalue weighted by Crippen LogP contribution is -2.42. The maximum atomic E-state index is 8.63. The van der Waals surface area contributed by atoms with Crippen LogP contribution < -0.4 is 10.6 Å². The Morgan fingerprint density at radius 2 is 2.40 bits per heavy atom. The Morgan fingerprint density at radius 1 is 1.53 bits per heavy atom. The standard InChI is InChI=1S/C11H14N4/c12-6-10-3-4-11(7-14-10)15-5-1-2-9(13)8-15/h3-4,7,9H,1-2,5,8,13H2/t9-/m0/s1. The molecule has 1 aliphatic heterocycles. The summed E-state index contributed by atoms with van der Waals surface area (Å²) in [6, 6.07) is 5.95. The van der Waals surface area contributed by atoms with Gasteiger partial charge in [-0.3, -0.25) is 0 Å². The molecule has 1 fully saturated rings. The summed E-state index contributed by atoms with van der Waals surface area (Å²) >= 11 is 0. The van der Waals surface area contributed by atoms with E-state index in [0.717, 1.165) is 31.6 Å². The first kappa shape index (κ1) is 9.94. The van der Waals surface area contributed by atoms with Crippen molar-refractivity contribution in [2.24, 2.45) is 5.73 Å². The minimum absolute atomic E-state index is 0.259. The van der Waals surface area contributed by atoms with E-state index in [1.807, 2.05) is 12.1 Å². The van der Waals surface area contributed by atoms with E-state index >= 15 is 0 Å². The lowest BCUT2D eigenvalue weighted by molar-refractivity contribution is 0.506. The van der Waals surface area contributed by atoms with Crippen molar-refractivity contribution in [3.63, 3.8) is 0 Å². The number of pyridine rings is 1. The summed E-state index contributed by atoms with van der Waals surface area (Å²) in [7, 11) is 0. The molecular weight excluding hydrogens is 188 g/mol. The molecule has 78 valence electrons. The average molecular weight is 202 g/mol. The maximum absolute atomic E-state index is 8.63. The highest BCUT2D eigenvalue weighted by Gasteiger charge is 2.16. The molecule has 2 N–H and O–H groups in total. The minimum Gasteiger partial charge on any atom is -0.369 e. The third-order valence-electron chi connectivity index (χ3n) is 2.69. The minimum atomic E-state index is 0.259. The second-order valence-corrected chi connectivity index (χ2v) is 3.86. The summed E-state index contributed by atoms with van der Waals surface area (Å²) < 4.78 is 0. The van der Waals surface area contributed by atoms with Crippen LogP contribution in [0.2, 0.25) is 0 Å². The molecular formula is C11H14N4. The molecule has 1 aliphatic rings. The van der Waals surface area contributed by atoms with E-state index in [2.05, 4.69) is 9.88 Å². The van der Waals surface area contributed by atoms with Crippen LogP contribution in [0.4, 0.5) is 5.69 Å². The zero-order valence-electron chi connectivity index (χ0n) is 8.56. The van der Waals surface area contributed by atoms with Crippen LogP contribution in [-0.2, 0) is 0 Å². The van der Waals surface area contributed by atoms with Crippen LogP contribution in [0.5, 0.6) is 0 Å². The lowest BCUT2D eigenvalue weighted by Gasteiger charge is -2.32. The number of nitrogens with zero attached hydrogens (tertiary/aromatic N) is 3. The van der Waals surface area contributed by atoms with Crippen LogP contribution >= 0.6 is 0 Å². The van der Waals surface area contributed by atoms with Gasteiger partial charge in [0.15, 0.2) is 0 Å². The number of hydrogen-bond acceptors (Lipinski definition) is 4. The number of piperidine rings is 1. The number of nitriles is 1. The third-order valence-corrected chi connectivity index (χ3v) is 2.69. The van der Waals surface area contributed by atoms with E-state index in [1.165, 1.54) is 0 Å². The van der Waals surface area contributed by atoms with Gasteiger partial charge in [-0.1, -0.05) is 0 Å². The second kappa shape index (κ2) is 4.28. The van der Waals surface area contributed by atoms with Crippen LogP contribution in [0.25, 0.3) is 0 Å². The normalized spacial score (nSPS) is 21.1. The summed E-state index contributed by atoms with van der Waals surface area (Å²) in [5, 5.41) is 8.63. The van der Waals surface area contributed by atoms with Crippen molar-refractivity contribution in [2.45, 2.75) is 18.9 Å². The molecule has 0 aliphatic carbocycles. The van der Waals surface area contributed by atoms with Gasteiger partial charge in [-0.2, -0.15) is 5.26 Å². The average Bonchev–Trinajstić information content (AvgIpc) is 2.29. The molecule has 0 aromatic carbocycles. The molecule has 2 heterocycles.